The van der Waals surface area contributed by atoms with E-state index in [1.54, 1.807) is 0 Å². The van der Waals surface area contributed by atoms with Crippen molar-refractivity contribution >= 4 is 97.0 Å². The lowest BCUT2D eigenvalue weighted by molar-refractivity contribution is 0.588. The van der Waals surface area contributed by atoms with Crippen molar-refractivity contribution in [2.45, 2.75) is 101 Å². The van der Waals surface area contributed by atoms with Gasteiger partial charge in [-0.15, -0.1) is 0 Å². The van der Waals surface area contributed by atoms with Gasteiger partial charge in [0.1, 0.15) is 0 Å². The monoisotopic (exact) mass is 660 g/mol. The van der Waals surface area contributed by atoms with Crippen LogP contribution in [0.4, 0.5) is 0 Å². The molecule has 0 heteroatoms. The fraction of sp³-hybridized carbons (Fsp3) is 0.294. The fourth-order valence-corrected chi connectivity index (χ4v) is 10.9. The second-order valence-electron chi connectivity index (χ2n) is 18.4. The molecular weight excluding hydrogens is 613 g/mol. The Labute approximate surface area is 301 Å². The van der Waals surface area contributed by atoms with Crippen molar-refractivity contribution in [1.82, 2.24) is 0 Å². The minimum absolute atomic E-state index is 0.0743. The Morgan fingerprint density at radius 2 is 0.784 bits per heavy atom. The second kappa shape index (κ2) is 9.40. The average Bonchev–Trinajstić information content (AvgIpc) is 3.04. The molecule has 10 rings (SSSR count). The molecule has 0 unspecified atom stereocenters. The molecular formula is C51H48. The molecule has 51 heavy (non-hydrogen) atoms. The Hall–Kier alpha value is -4.68. The number of fused-ring (bicyclic) bond motifs is 4. The van der Waals surface area contributed by atoms with E-state index < -0.39 is 0 Å². The van der Waals surface area contributed by atoms with Crippen molar-refractivity contribution in [3.63, 3.8) is 0 Å². The van der Waals surface area contributed by atoms with Gasteiger partial charge in [0.25, 0.3) is 0 Å². The SMILES string of the molecule is Cc1c(C(C)(C)C)cc2cc(C)c3c4ccc5c6c(C)cc7cc(C(C)(C)C)cc8cc(C)c(c9cc(C)c(c%10c(C)c(C)c1c2c3%10)c4c59)c6c78. The van der Waals surface area contributed by atoms with Gasteiger partial charge in [-0.05, 0) is 206 Å². The molecule has 0 atom stereocenters. The Balaban J connectivity index is 1.49. The van der Waals surface area contributed by atoms with E-state index in [0.29, 0.717) is 0 Å². The van der Waals surface area contributed by atoms with Crippen LogP contribution in [0.3, 0.4) is 0 Å². The van der Waals surface area contributed by atoms with E-state index in [2.05, 4.69) is 145 Å². The summed E-state index contributed by atoms with van der Waals surface area (Å²) in [5.41, 5.74) is 12.8. The van der Waals surface area contributed by atoms with Crippen LogP contribution in [0.2, 0.25) is 0 Å². The molecule has 10 aromatic rings. The third kappa shape index (κ3) is 3.67. The van der Waals surface area contributed by atoms with E-state index in [-0.39, 0.29) is 10.8 Å². The number of hydrogen-bond acceptors (Lipinski definition) is 0. The van der Waals surface area contributed by atoms with Crippen LogP contribution >= 0.6 is 0 Å². The summed E-state index contributed by atoms with van der Waals surface area (Å²) in [6.07, 6.45) is 0. The van der Waals surface area contributed by atoms with E-state index in [1.165, 1.54) is 147 Å². The highest BCUT2D eigenvalue weighted by Gasteiger charge is 2.28. The molecule has 0 nitrogen and oxygen atoms in total. The van der Waals surface area contributed by atoms with Gasteiger partial charge in [0.2, 0.25) is 0 Å². The predicted octanol–water partition coefficient (Wildman–Crippen LogP) is 15.1. The zero-order valence-electron chi connectivity index (χ0n) is 32.7. The number of benzene rings is 10. The van der Waals surface area contributed by atoms with Gasteiger partial charge in [-0.2, -0.15) is 0 Å². The maximum Gasteiger partial charge on any atom is -0.000857 e. The standard InChI is InChI=1S/C51H48/c1-23-16-30-20-33(50(8,9)10)21-31-17-25(3)40-36-19-26(4)41-43-28(6)27(5)42-29(7)37(51(11,12)13)22-32-18-24(2)39(49(43)45(32)42)35-15-14-34(46(36)47(35)41)38(23)48(40)44(30)31/h14-22H,1-13H3. The predicted molar refractivity (Wildman–Crippen MR) is 228 cm³/mol. The van der Waals surface area contributed by atoms with Crippen LogP contribution in [0.25, 0.3) is 97.0 Å². The van der Waals surface area contributed by atoms with Crippen molar-refractivity contribution in [2.75, 3.05) is 0 Å². The Morgan fingerprint density at radius 1 is 0.314 bits per heavy atom. The molecule has 0 aliphatic heterocycles. The zero-order valence-corrected chi connectivity index (χ0v) is 32.7. The smallest absolute Gasteiger partial charge is 0.000857 e. The molecule has 0 heterocycles. The first-order valence-corrected chi connectivity index (χ1v) is 19.0. The summed E-state index contributed by atoms with van der Waals surface area (Å²) in [5, 5.41) is 25.6. The fourth-order valence-electron chi connectivity index (χ4n) is 10.9. The first-order chi connectivity index (χ1) is 24.0. The van der Waals surface area contributed by atoms with E-state index >= 15 is 0 Å². The third-order valence-corrected chi connectivity index (χ3v) is 13.1. The van der Waals surface area contributed by atoms with Gasteiger partial charge in [0, 0.05) is 0 Å². The van der Waals surface area contributed by atoms with Crippen LogP contribution < -0.4 is 0 Å². The van der Waals surface area contributed by atoms with Gasteiger partial charge < -0.3 is 0 Å². The molecule has 0 spiro atoms. The molecule has 0 saturated carbocycles. The molecule has 0 amide bonds. The largest absolute Gasteiger partial charge is 0.0561 e. The summed E-state index contributed by atoms with van der Waals surface area (Å²) in [6, 6.07) is 22.4. The molecule has 252 valence electrons. The summed E-state index contributed by atoms with van der Waals surface area (Å²) in [5.74, 6) is 0. The molecule has 0 bridgehead atoms. The van der Waals surface area contributed by atoms with Crippen LogP contribution in [0.1, 0.15) is 91.6 Å². The topological polar surface area (TPSA) is 0 Å². The molecule has 0 saturated heterocycles. The van der Waals surface area contributed by atoms with Crippen LogP contribution in [0, 0.1) is 48.5 Å². The molecule has 0 aromatic heterocycles. The number of aryl methyl sites for hydroxylation is 7. The number of rotatable bonds is 0. The van der Waals surface area contributed by atoms with Crippen LogP contribution in [-0.2, 0) is 10.8 Å². The van der Waals surface area contributed by atoms with Gasteiger partial charge in [-0.1, -0.05) is 96.1 Å². The summed E-state index contributed by atoms with van der Waals surface area (Å²) < 4.78 is 0. The van der Waals surface area contributed by atoms with Gasteiger partial charge in [-0.25, -0.2) is 0 Å². The Kier molecular flexibility index (Phi) is 5.73. The summed E-state index contributed by atoms with van der Waals surface area (Å²) in [6.45, 7) is 30.7. The highest BCUT2D eigenvalue weighted by atomic mass is 14.3. The van der Waals surface area contributed by atoms with E-state index in [4.69, 9.17) is 0 Å². The molecule has 10 aromatic carbocycles. The summed E-state index contributed by atoms with van der Waals surface area (Å²) in [7, 11) is 0. The van der Waals surface area contributed by atoms with Crippen molar-refractivity contribution in [1.29, 1.82) is 0 Å². The molecule has 0 fully saturated rings. The molecule has 0 aliphatic carbocycles. The molecule has 0 radical (unpaired) electrons. The normalized spacial score (nSPS) is 13.6. The van der Waals surface area contributed by atoms with Crippen LogP contribution in [0.15, 0.2) is 54.6 Å². The van der Waals surface area contributed by atoms with E-state index in [1.807, 2.05) is 0 Å². The van der Waals surface area contributed by atoms with Crippen LogP contribution in [-0.4, -0.2) is 0 Å². The lowest BCUT2D eigenvalue weighted by atomic mass is 9.75. The van der Waals surface area contributed by atoms with Crippen molar-refractivity contribution in [3.8, 4) is 0 Å². The maximum atomic E-state index is 2.56. The lowest BCUT2D eigenvalue weighted by Crippen LogP contribution is -2.14. The minimum Gasteiger partial charge on any atom is -0.0561 e. The van der Waals surface area contributed by atoms with Gasteiger partial charge in [-0.3, -0.25) is 0 Å². The second-order valence-corrected chi connectivity index (χ2v) is 18.4. The minimum atomic E-state index is 0.0743. The first-order valence-electron chi connectivity index (χ1n) is 19.0. The third-order valence-electron chi connectivity index (χ3n) is 13.1. The van der Waals surface area contributed by atoms with E-state index in [9.17, 15) is 0 Å². The summed E-state index contributed by atoms with van der Waals surface area (Å²) in [4.78, 5) is 0. The van der Waals surface area contributed by atoms with Gasteiger partial charge in [0.15, 0.2) is 0 Å². The first kappa shape index (κ1) is 31.1. The molecule has 0 N–H and O–H groups in total. The highest BCUT2D eigenvalue weighted by molar-refractivity contribution is 6.46. The van der Waals surface area contributed by atoms with Gasteiger partial charge in [0.05, 0.1) is 0 Å². The average molecular weight is 661 g/mol. The summed E-state index contributed by atoms with van der Waals surface area (Å²) >= 11 is 0. The lowest BCUT2D eigenvalue weighted by Gasteiger charge is -2.29. The zero-order chi connectivity index (χ0) is 36.0. The van der Waals surface area contributed by atoms with Gasteiger partial charge >= 0.3 is 0 Å². The van der Waals surface area contributed by atoms with Crippen LogP contribution in [0.5, 0.6) is 0 Å². The van der Waals surface area contributed by atoms with Crippen molar-refractivity contribution in [2.24, 2.45) is 0 Å². The number of hydrogen-bond donors (Lipinski definition) is 0. The van der Waals surface area contributed by atoms with Crippen molar-refractivity contribution < 1.29 is 0 Å². The molecule has 0 aliphatic rings. The Morgan fingerprint density at radius 3 is 1.33 bits per heavy atom. The maximum absolute atomic E-state index is 2.56. The van der Waals surface area contributed by atoms with Crippen molar-refractivity contribution in [3.05, 3.63) is 105 Å². The highest BCUT2D eigenvalue weighted by Crippen LogP contribution is 2.54. The quantitative estimate of drug-likeness (QED) is 0.112. The van der Waals surface area contributed by atoms with E-state index in [0.717, 1.165) is 0 Å². The Bertz CT molecular complexity index is 3170.